The number of benzene rings is 2. The number of esters is 1. The first-order valence-electron chi connectivity index (χ1n) is 12.8. The van der Waals surface area contributed by atoms with E-state index in [1.807, 2.05) is 26.0 Å². The van der Waals surface area contributed by atoms with Gasteiger partial charge in [-0.1, -0.05) is 43.3 Å². The molecule has 10 heteroatoms. The molecule has 0 aliphatic rings. The molecular weight excluding hydrogens is 502 g/mol. The fraction of sp³-hybridized carbons (Fsp3) is 0.448. The summed E-state index contributed by atoms with van der Waals surface area (Å²) in [6.45, 7) is 8.69. The van der Waals surface area contributed by atoms with E-state index in [0.717, 1.165) is 5.56 Å². The van der Waals surface area contributed by atoms with Gasteiger partial charge in [-0.05, 0) is 62.9 Å². The summed E-state index contributed by atoms with van der Waals surface area (Å²) in [6, 6.07) is 11.3. The first kappa shape index (κ1) is 31.1. The van der Waals surface area contributed by atoms with Crippen LogP contribution in [-0.4, -0.2) is 65.7 Å². The van der Waals surface area contributed by atoms with E-state index in [0.29, 0.717) is 17.5 Å². The average molecular weight is 542 g/mol. The van der Waals surface area contributed by atoms with Crippen LogP contribution in [0.4, 0.5) is 4.79 Å². The number of phenols is 1. The minimum atomic E-state index is -1.09. The lowest BCUT2D eigenvalue weighted by Gasteiger charge is -2.35. The Balaban J connectivity index is 2.52. The van der Waals surface area contributed by atoms with Crippen molar-refractivity contribution in [2.75, 3.05) is 20.2 Å². The van der Waals surface area contributed by atoms with Crippen LogP contribution in [0.25, 0.3) is 0 Å². The normalized spacial score (nSPS) is 12.6. The average Bonchev–Trinajstić information content (AvgIpc) is 2.87. The molecule has 0 bridgehead atoms. The van der Waals surface area contributed by atoms with Gasteiger partial charge in [-0.15, -0.1) is 0 Å². The van der Waals surface area contributed by atoms with E-state index < -0.39 is 41.6 Å². The van der Waals surface area contributed by atoms with E-state index in [1.54, 1.807) is 45.0 Å². The maximum absolute atomic E-state index is 14.2. The molecule has 0 aliphatic carbocycles. The summed E-state index contributed by atoms with van der Waals surface area (Å²) in [5.41, 5.74) is 1.25. The number of aromatic hydroxyl groups is 1. The van der Waals surface area contributed by atoms with Gasteiger partial charge < -0.3 is 30.1 Å². The van der Waals surface area contributed by atoms with Crippen molar-refractivity contribution in [3.05, 3.63) is 65.2 Å². The monoisotopic (exact) mass is 541 g/mol. The van der Waals surface area contributed by atoms with Crippen molar-refractivity contribution in [1.29, 1.82) is 0 Å². The third kappa shape index (κ3) is 9.63. The molecule has 0 radical (unpaired) electrons. The van der Waals surface area contributed by atoms with E-state index in [9.17, 15) is 24.3 Å². The second-order valence-corrected chi connectivity index (χ2v) is 10.2. The van der Waals surface area contributed by atoms with Gasteiger partial charge in [0.2, 0.25) is 11.8 Å². The van der Waals surface area contributed by atoms with Crippen molar-refractivity contribution in [3.8, 4) is 5.75 Å². The smallest absolute Gasteiger partial charge is 0.408 e. The third-order valence-electron chi connectivity index (χ3n) is 5.79. The minimum absolute atomic E-state index is 0.0660. The minimum Gasteiger partial charge on any atom is -0.508 e. The molecule has 3 amide bonds. The Morgan fingerprint density at radius 2 is 1.67 bits per heavy atom. The number of amides is 3. The van der Waals surface area contributed by atoms with Crippen molar-refractivity contribution >= 4 is 23.9 Å². The second kappa shape index (κ2) is 14.2. The second-order valence-electron chi connectivity index (χ2n) is 10.2. The van der Waals surface area contributed by atoms with E-state index in [2.05, 4.69) is 15.4 Å². The Morgan fingerprint density at radius 3 is 2.23 bits per heavy atom. The summed E-state index contributed by atoms with van der Waals surface area (Å²) >= 11 is 0. The van der Waals surface area contributed by atoms with E-state index in [-0.39, 0.29) is 25.3 Å². The van der Waals surface area contributed by atoms with Crippen molar-refractivity contribution in [3.63, 3.8) is 0 Å². The molecule has 0 spiro atoms. The van der Waals surface area contributed by atoms with Gasteiger partial charge in [0, 0.05) is 13.0 Å². The van der Waals surface area contributed by atoms with Crippen LogP contribution in [0.3, 0.4) is 0 Å². The zero-order valence-electron chi connectivity index (χ0n) is 23.4. The predicted octanol–water partition coefficient (Wildman–Crippen LogP) is 3.41. The van der Waals surface area contributed by atoms with Crippen LogP contribution < -0.4 is 10.6 Å². The van der Waals surface area contributed by atoms with Crippen molar-refractivity contribution in [2.24, 2.45) is 0 Å². The molecule has 2 aromatic carbocycles. The number of hydrogen-bond acceptors (Lipinski definition) is 7. The third-order valence-corrected chi connectivity index (χ3v) is 5.79. The SMILES string of the molecule is CCCN(C(=O)C(Cc1ccc(O)cc1)NC(=O)OC(C)(C)C)C(C(=O)NCC(=O)OC)c1ccccc1C. The molecule has 0 heterocycles. The molecule has 2 aromatic rings. The van der Waals surface area contributed by atoms with Crippen molar-refractivity contribution in [1.82, 2.24) is 15.5 Å². The molecule has 10 nitrogen and oxygen atoms in total. The van der Waals surface area contributed by atoms with Gasteiger partial charge in [-0.3, -0.25) is 14.4 Å². The maximum Gasteiger partial charge on any atom is 0.408 e. The highest BCUT2D eigenvalue weighted by Gasteiger charge is 2.36. The summed E-state index contributed by atoms with van der Waals surface area (Å²) < 4.78 is 10.1. The van der Waals surface area contributed by atoms with Crippen LogP contribution >= 0.6 is 0 Å². The summed E-state index contributed by atoms with van der Waals surface area (Å²) in [6.07, 6.45) is -0.168. The summed E-state index contributed by atoms with van der Waals surface area (Å²) in [5.74, 6) is -1.62. The summed E-state index contributed by atoms with van der Waals surface area (Å²) in [7, 11) is 1.22. The number of nitrogens with zero attached hydrogens (tertiary/aromatic N) is 1. The number of alkyl carbamates (subject to hydrolysis) is 1. The van der Waals surface area contributed by atoms with Crippen LogP contribution in [0.5, 0.6) is 5.75 Å². The number of hydrogen-bond donors (Lipinski definition) is 3. The predicted molar refractivity (Wildman–Crippen MR) is 146 cm³/mol. The molecule has 0 aromatic heterocycles. The number of nitrogens with one attached hydrogen (secondary N) is 2. The first-order valence-corrected chi connectivity index (χ1v) is 12.8. The van der Waals surface area contributed by atoms with Crippen LogP contribution in [0.15, 0.2) is 48.5 Å². The Bertz CT molecular complexity index is 1140. The number of carbonyl (C=O) groups excluding carboxylic acids is 4. The van der Waals surface area contributed by atoms with Crippen LogP contribution in [-0.2, 0) is 30.3 Å². The lowest BCUT2D eigenvalue weighted by molar-refractivity contribution is -0.144. The van der Waals surface area contributed by atoms with Gasteiger partial charge in [-0.25, -0.2) is 4.79 Å². The number of aryl methyl sites for hydroxylation is 1. The van der Waals surface area contributed by atoms with Crippen LogP contribution in [0.2, 0.25) is 0 Å². The van der Waals surface area contributed by atoms with E-state index in [1.165, 1.54) is 24.1 Å². The van der Waals surface area contributed by atoms with E-state index >= 15 is 0 Å². The van der Waals surface area contributed by atoms with Gasteiger partial charge in [0.15, 0.2) is 0 Å². The standard InChI is InChI=1S/C29H39N3O7/c1-7-16-32(25(22-11-9-8-10-19(22)2)26(35)30-18-24(34)38-6)27(36)23(31-28(37)39-29(3,4)5)17-20-12-14-21(33)15-13-20/h8-15,23,25,33H,7,16-18H2,1-6H3,(H,30,35)(H,31,37). The quantitative estimate of drug-likeness (QED) is 0.371. The highest BCUT2D eigenvalue weighted by Crippen LogP contribution is 2.26. The zero-order chi connectivity index (χ0) is 29.2. The van der Waals surface area contributed by atoms with Gasteiger partial charge in [0.25, 0.3) is 0 Å². The molecule has 212 valence electrons. The number of methoxy groups -OCH3 is 1. The fourth-order valence-electron chi connectivity index (χ4n) is 4.00. The molecule has 2 atom stereocenters. The van der Waals surface area contributed by atoms with Gasteiger partial charge >= 0.3 is 12.1 Å². The fourth-order valence-corrected chi connectivity index (χ4v) is 4.00. The molecule has 0 fully saturated rings. The molecule has 0 aliphatic heterocycles. The summed E-state index contributed by atoms with van der Waals surface area (Å²) in [5, 5.41) is 14.9. The van der Waals surface area contributed by atoms with Crippen molar-refractivity contribution < 1.29 is 33.8 Å². The Hall–Kier alpha value is -4.08. The van der Waals surface area contributed by atoms with Crippen LogP contribution in [0, 0.1) is 6.92 Å². The molecule has 0 saturated carbocycles. The van der Waals surface area contributed by atoms with E-state index in [4.69, 9.17) is 4.74 Å². The number of ether oxygens (including phenoxy) is 2. The largest absolute Gasteiger partial charge is 0.508 e. The zero-order valence-corrected chi connectivity index (χ0v) is 23.4. The van der Waals surface area contributed by atoms with Crippen LogP contribution in [0.1, 0.15) is 56.8 Å². The number of phenolic OH excluding ortho intramolecular Hbond substituents is 1. The lowest BCUT2D eigenvalue weighted by atomic mass is 9.97. The van der Waals surface area contributed by atoms with Gasteiger partial charge in [0.1, 0.15) is 30.0 Å². The maximum atomic E-state index is 14.2. The van der Waals surface area contributed by atoms with Gasteiger partial charge in [-0.2, -0.15) is 0 Å². The topological polar surface area (TPSA) is 134 Å². The highest BCUT2D eigenvalue weighted by molar-refractivity contribution is 5.93. The first-order chi connectivity index (χ1) is 18.4. The Morgan fingerprint density at radius 1 is 1.03 bits per heavy atom. The molecular formula is C29H39N3O7. The summed E-state index contributed by atoms with van der Waals surface area (Å²) in [4.78, 5) is 53.6. The number of carbonyl (C=O) groups is 4. The molecule has 39 heavy (non-hydrogen) atoms. The molecule has 0 saturated heterocycles. The molecule has 2 unspecified atom stereocenters. The van der Waals surface area contributed by atoms with Gasteiger partial charge in [0.05, 0.1) is 7.11 Å². The molecule has 2 rings (SSSR count). The lowest BCUT2D eigenvalue weighted by Crippen LogP contribution is -2.54. The number of rotatable bonds is 11. The Labute approximate surface area is 229 Å². The molecule has 3 N–H and O–H groups in total. The Kier molecular flexibility index (Phi) is 11.3. The highest BCUT2D eigenvalue weighted by atomic mass is 16.6. The van der Waals surface area contributed by atoms with Crippen molar-refractivity contribution in [2.45, 2.75) is 65.1 Å².